The second-order valence-corrected chi connectivity index (χ2v) is 4.07. The molecule has 1 unspecified atom stereocenters. The molecule has 5 heteroatoms. The van der Waals surface area contributed by atoms with E-state index in [1.165, 1.54) is 0 Å². The van der Waals surface area contributed by atoms with Gasteiger partial charge in [-0.3, -0.25) is 14.7 Å². The molecule has 1 amide bonds. The van der Waals surface area contributed by atoms with Crippen molar-refractivity contribution in [2.24, 2.45) is 5.73 Å². The number of hydrogen-bond donors (Lipinski definition) is 2. The average Bonchev–Trinajstić information content (AvgIpc) is 2.66. The first-order chi connectivity index (χ1) is 7.74. The molecule has 5 nitrogen and oxygen atoms in total. The molecule has 1 aliphatic heterocycles. The van der Waals surface area contributed by atoms with Crippen LogP contribution in [0.15, 0.2) is 24.5 Å². The number of carbonyl (C=O) groups is 1. The van der Waals surface area contributed by atoms with E-state index in [4.69, 9.17) is 5.73 Å². The molecule has 0 spiro atoms. The van der Waals surface area contributed by atoms with Gasteiger partial charge < -0.3 is 11.1 Å². The largest absolute Gasteiger partial charge is 0.381 e. The number of anilines is 1. The zero-order chi connectivity index (χ0) is 11.4. The van der Waals surface area contributed by atoms with Crippen molar-refractivity contribution in [3.8, 4) is 0 Å². The number of carbonyl (C=O) groups excluding carboxylic acids is 1. The van der Waals surface area contributed by atoms with Crippen LogP contribution in [0.2, 0.25) is 0 Å². The van der Waals surface area contributed by atoms with E-state index in [0.717, 1.165) is 25.2 Å². The summed E-state index contributed by atoms with van der Waals surface area (Å²) in [6.07, 6.45) is 4.56. The van der Waals surface area contributed by atoms with Crippen LogP contribution in [-0.2, 0) is 4.79 Å². The van der Waals surface area contributed by atoms with E-state index in [-0.39, 0.29) is 5.91 Å². The van der Waals surface area contributed by atoms with Crippen molar-refractivity contribution >= 4 is 11.6 Å². The van der Waals surface area contributed by atoms with Crippen LogP contribution in [0, 0.1) is 0 Å². The lowest BCUT2D eigenvalue weighted by Crippen LogP contribution is -2.33. The Balaban J connectivity index is 1.83. The van der Waals surface area contributed by atoms with Gasteiger partial charge in [0.2, 0.25) is 5.91 Å². The molecule has 1 atom stereocenters. The van der Waals surface area contributed by atoms with Crippen molar-refractivity contribution < 1.29 is 4.79 Å². The number of pyridine rings is 1. The van der Waals surface area contributed by atoms with Gasteiger partial charge in [-0.15, -0.1) is 0 Å². The van der Waals surface area contributed by atoms with Crippen LogP contribution < -0.4 is 11.1 Å². The zero-order valence-electron chi connectivity index (χ0n) is 9.10. The van der Waals surface area contributed by atoms with Gasteiger partial charge in [0.15, 0.2) is 0 Å². The summed E-state index contributed by atoms with van der Waals surface area (Å²) in [5.41, 5.74) is 6.23. The molecule has 86 valence electrons. The van der Waals surface area contributed by atoms with Crippen molar-refractivity contribution in [1.82, 2.24) is 9.88 Å². The molecule has 16 heavy (non-hydrogen) atoms. The summed E-state index contributed by atoms with van der Waals surface area (Å²) in [6, 6.07) is 4.27. The molecule has 0 aliphatic carbocycles. The second kappa shape index (κ2) is 4.94. The number of nitrogens with one attached hydrogen (secondary N) is 1. The molecule has 0 radical (unpaired) electrons. The van der Waals surface area contributed by atoms with Crippen molar-refractivity contribution in [2.75, 3.05) is 25.0 Å². The molecule has 2 heterocycles. The van der Waals surface area contributed by atoms with Gasteiger partial charge in [0.05, 0.1) is 6.54 Å². The highest BCUT2D eigenvalue weighted by Gasteiger charge is 2.22. The number of amides is 1. The van der Waals surface area contributed by atoms with Crippen LogP contribution in [0.1, 0.15) is 6.42 Å². The molecule has 2 rings (SSSR count). The van der Waals surface area contributed by atoms with E-state index in [2.05, 4.69) is 15.2 Å². The highest BCUT2D eigenvalue weighted by atomic mass is 16.1. The highest BCUT2D eigenvalue weighted by Crippen LogP contribution is 2.14. The summed E-state index contributed by atoms with van der Waals surface area (Å²) in [5, 5.41) is 3.41. The maximum absolute atomic E-state index is 10.8. The number of hydrogen-bond acceptors (Lipinski definition) is 4. The normalized spacial score (nSPS) is 20.9. The molecule has 0 aromatic carbocycles. The van der Waals surface area contributed by atoms with Gasteiger partial charge >= 0.3 is 0 Å². The summed E-state index contributed by atoms with van der Waals surface area (Å²) in [6.45, 7) is 2.14. The molecule has 0 saturated carbocycles. The van der Waals surface area contributed by atoms with Crippen molar-refractivity contribution in [1.29, 1.82) is 0 Å². The van der Waals surface area contributed by atoms with E-state index < -0.39 is 0 Å². The summed E-state index contributed by atoms with van der Waals surface area (Å²) in [7, 11) is 0. The standard InChI is InChI=1S/C11H16N4O/c12-11(16)8-15-6-3-10(7-15)14-9-1-4-13-5-2-9/h1-2,4-5,10H,3,6-8H2,(H2,12,16)(H,13,14). The third kappa shape index (κ3) is 2.93. The number of primary amides is 1. The maximum atomic E-state index is 10.8. The van der Waals surface area contributed by atoms with Gasteiger partial charge in [-0.05, 0) is 18.6 Å². The molecule has 3 N–H and O–H groups in total. The van der Waals surface area contributed by atoms with Gasteiger partial charge in [-0.2, -0.15) is 0 Å². The Bertz CT molecular complexity index is 354. The van der Waals surface area contributed by atoms with Crippen LogP contribution in [0.5, 0.6) is 0 Å². The van der Waals surface area contributed by atoms with Crippen molar-refractivity contribution in [2.45, 2.75) is 12.5 Å². The SMILES string of the molecule is NC(=O)CN1CCC(Nc2ccncc2)C1. The lowest BCUT2D eigenvalue weighted by Gasteiger charge is -2.15. The van der Waals surface area contributed by atoms with Crippen LogP contribution >= 0.6 is 0 Å². The first-order valence-electron chi connectivity index (χ1n) is 5.41. The Morgan fingerprint density at radius 2 is 2.31 bits per heavy atom. The topological polar surface area (TPSA) is 71.2 Å². The first-order valence-corrected chi connectivity index (χ1v) is 5.41. The lowest BCUT2D eigenvalue weighted by atomic mass is 10.2. The summed E-state index contributed by atoms with van der Waals surface area (Å²) < 4.78 is 0. The average molecular weight is 220 g/mol. The number of nitrogens with two attached hydrogens (primary N) is 1. The number of nitrogens with zero attached hydrogens (tertiary/aromatic N) is 2. The molecular weight excluding hydrogens is 204 g/mol. The smallest absolute Gasteiger partial charge is 0.231 e. The molecule has 1 saturated heterocycles. The predicted octanol–water partition coefficient (Wildman–Crippen LogP) is 0.0531. The molecule has 1 aromatic rings. The Morgan fingerprint density at radius 1 is 1.56 bits per heavy atom. The summed E-state index contributed by atoms with van der Waals surface area (Å²) >= 11 is 0. The minimum absolute atomic E-state index is 0.260. The fourth-order valence-corrected chi connectivity index (χ4v) is 2.00. The first kappa shape index (κ1) is 10.9. The van der Waals surface area contributed by atoms with E-state index in [1.54, 1.807) is 12.4 Å². The number of rotatable bonds is 4. The third-order valence-corrected chi connectivity index (χ3v) is 2.70. The van der Waals surface area contributed by atoms with Gasteiger partial charge in [-0.25, -0.2) is 0 Å². The molecule has 0 bridgehead atoms. The fourth-order valence-electron chi connectivity index (χ4n) is 2.00. The Kier molecular flexibility index (Phi) is 3.36. The van der Waals surface area contributed by atoms with Crippen LogP contribution in [0.25, 0.3) is 0 Å². The molecule has 1 fully saturated rings. The minimum atomic E-state index is -0.260. The molecular formula is C11H16N4O. The van der Waals surface area contributed by atoms with Gasteiger partial charge in [0.25, 0.3) is 0 Å². The Labute approximate surface area is 94.6 Å². The van der Waals surface area contributed by atoms with E-state index in [1.807, 2.05) is 12.1 Å². The van der Waals surface area contributed by atoms with Gasteiger partial charge in [0, 0.05) is 37.2 Å². The minimum Gasteiger partial charge on any atom is -0.381 e. The van der Waals surface area contributed by atoms with E-state index in [9.17, 15) is 4.79 Å². The quantitative estimate of drug-likeness (QED) is 0.752. The summed E-state index contributed by atoms with van der Waals surface area (Å²) in [4.78, 5) is 16.8. The van der Waals surface area contributed by atoms with Crippen molar-refractivity contribution in [3.63, 3.8) is 0 Å². The fraction of sp³-hybridized carbons (Fsp3) is 0.455. The number of likely N-dealkylation sites (tertiary alicyclic amines) is 1. The van der Waals surface area contributed by atoms with Crippen LogP contribution in [-0.4, -0.2) is 41.5 Å². The molecule has 1 aromatic heterocycles. The van der Waals surface area contributed by atoms with E-state index in [0.29, 0.717) is 12.6 Å². The Morgan fingerprint density at radius 3 is 3.00 bits per heavy atom. The maximum Gasteiger partial charge on any atom is 0.231 e. The second-order valence-electron chi connectivity index (χ2n) is 4.07. The van der Waals surface area contributed by atoms with Crippen LogP contribution in [0.4, 0.5) is 5.69 Å². The summed E-state index contributed by atoms with van der Waals surface area (Å²) in [5.74, 6) is -0.260. The predicted molar refractivity (Wildman–Crippen MR) is 61.9 cm³/mol. The number of aromatic nitrogens is 1. The van der Waals surface area contributed by atoms with Gasteiger partial charge in [-0.1, -0.05) is 0 Å². The lowest BCUT2D eigenvalue weighted by molar-refractivity contribution is -0.118. The molecule has 1 aliphatic rings. The Hall–Kier alpha value is -1.62. The van der Waals surface area contributed by atoms with Crippen molar-refractivity contribution in [3.05, 3.63) is 24.5 Å². The van der Waals surface area contributed by atoms with Crippen LogP contribution in [0.3, 0.4) is 0 Å². The highest BCUT2D eigenvalue weighted by molar-refractivity contribution is 5.75. The van der Waals surface area contributed by atoms with Gasteiger partial charge in [0.1, 0.15) is 0 Å². The zero-order valence-corrected chi connectivity index (χ0v) is 9.10. The third-order valence-electron chi connectivity index (χ3n) is 2.70. The van der Waals surface area contributed by atoms with E-state index >= 15 is 0 Å². The monoisotopic (exact) mass is 220 g/mol.